The smallest absolute Gasteiger partial charge is 0.311 e. The van der Waals surface area contributed by atoms with Crippen molar-refractivity contribution < 1.29 is 9.53 Å². The van der Waals surface area contributed by atoms with Gasteiger partial charge in [-0.2, -0.15) is 0 Å². The molecule has 2 heteroatoms. The van der Waals surface area contributed by atoms with E-state index in [1.54, 1.807) is 0 Å². The highest BCUT2D eigenvalue weighted by atomic mass is 16.5. The van der Waals surface area contributed by atoms with E-state index < -0.39 is 0 Å². The molecule has 0 heterocycles. The van der Waals surface area contributed by atoms with Gasteiger partial charge >= 0.3 is 5.97 Å². The van der Waals surface area contributed by atoms with Crippen molar-refractivity contribution in [2.24, 2.45) is 0 Å². The maximum Gasteiger partial charge on any atom is 0.311 e. The number of aryl methyl sites for hydroxylation is 1. The van der Waals surface area contributed by atoms with Crippen LogP contribution in [0.15, 0.2) is 18.2 Å². The van der Waals surface area contributed by atoms with Crippen molar-refractivity contribution in [3.05, 3.63) is 36.2 Å². The number of benzene rings is 1. The minimum Gasteiger partial charge on any atom is -0.426 e. The normalized spacial score (nSPS) is 9.93. The van der Waals surface area contributed by atoms with Gasteiger partial charge in [-0.1, -0.05) is 19.1 Å². The Labute approximate surface area is 84.9 Å². The van der Waals surface area contributed by atoms with Crippen LogP contribution in [0.1, 0.15) is 24.0 Å². The molecule has 0 spiro atoms. The second kappa shape index (κ2) is 4.80. The van der Waals surface area contributed by atoms with Crippen LogP contribution in [0, 0.1) is 20.8 Å². The highest BCUT2D eigenvalue weighted by Gasteiger charge is 2.06. The predicted octanol–water partition coefficient (Wildman–Crippen LogP) is 2.82. The number of rotatable bonds is 3. The zero-order chi connectivity index (χ0) is 10.6. The van der Waals surface area contributed by atoms with Crippen molar-refractivity contribution in [2.75, 3.05) is 0 Å². The van der Waals surface area contributed by atoms with E-state index >= 15 is 0 Å². The molecule has 0 amide bonds. The highest BCUT2D eigenvalue weighted by Crippen LogP contribution is 2.20. The first-order valence-corrected chi connectivity index (χ1v) is 4.71. The van der Waals surface area contributed by atoms with Gasteiger partial charge < -0.3 is 4.74 Å². The molecule has 1 aromatic carbocycles. The van der Waals surface area contributed by atoms with Gasteiger partial charge in [-0.05, 0) is 37.5 Å². The van der Waals surface area contributed by atoms with Gasteiger partial charge in [0.05, 0.1) is 0 Å². The lowest BCUT2D eigenvalue weighted by Gasteiger charge is -2.08. The van der Waals surface area contributed by atoms with Crippen LogP contribution in [-0.2, 0) is 4.79 Å². The fraction of sp³-hybridized carbons (Fsp3) is 0.333. The van der Waals surface area contributed by atoms with E-state index in [0.29, 0.717) is 18.6 Å². The molecule has 0 aliphatic rings. The van der Waals surface area contributed by atoms with Crippen molar-refractivity contribution in [2.45, 2.75) is 26.7 Å². The van der Waals surface area contributed by atoms with E-state index in [-0.39, 0.29) is 5.97 Å². The molecule has 0 aromatic heterocycles. The molecule has 1 aromatic rings. The Bertz CT molecular complexity index is 329. The van der Waals surface area contributed by atoms with Crippen LogP contribution in [0.3, 0.4) is 0 Å². The molecule has 14 heavy (non-hydrogen) atoms. The second-order valence-corrected chi connectivity index (χ2v) is 3.28. The Kier molecular flexibility index (Phi) is 3.69. The van der Waals surface area contributed by atoms with E-state index in [0.717, 1.165) is 11.1 Å². The summed E-state index contributed by atoms with van der Waals surface area (Å²) in [5.41, 5.74) is 2.15. The fourth-order valence-corrected chi connectivity index (χ4v) is 1.15. The fourth-order valence-electron chi connectivity index (χ4n) is 1.15. The summed E-state index contributed by atoms with van der Waals surface area (Å²) in [7, 11) is 0. The van der Waals surface area contributed by atoms with Crippen LogP contribution < -0.4 is 4.74 Å². The first-order chi connectivity index (χ1) is 6.65. The van der Waals surface area contributed by atoms with Gasteiger partial charge in [0.1, 0.15) is 5.75 Å². The number of ether oxygens (including phenoxy) is 1. The third-order valence-corrected chi connectivity index (χ3v) is 2.16. The van der Waals surface area contributed by atoms with E-state index in [2.05, 4.69) is 6.92 Å². The summed E-state index contributed by atoms with van der Waals surface area (Å²) in [4.78, 5) is 11.2. The van der Waals surface area contributed by atoms with Crippen LogP contribution in [0.4, 0.5) is 0 Å². The van der Waals surface area contributed by atoms with Gasteiger partial charge in [0.15, 0.2) is 0 Å². The van der Waals surface area contributed by atoms with E-state index in [1.807, 2.05) is 32.0 Å². The molecule has 1 radical (unpaired) electrons. The van der Waals surface area contributed by atoms with E-state index in [4.69, 9.17) is 4.74 Å². The van der Waals surface area contributed by atoms with E-state index in [1.165, 1.54) is 0 Å². The van der Waals surface area contributed by atoms with Gasteiger partial charge in [-0.3, -0.25) is 4.79 Å². The third kappa shape index (κ3) is 2.59. The van der Waals surface area contributed by atoms with Crippen LogP contribution in [-0.4, -0.2) is 5.97 Å². The molecule has 0 unspecified atom stereocenters. The van der Waals surface area contributed by atoms with Crippen LogP contribution in [0.25, 0.3) is 0 Å². The molecule has 0 aliphatic heterocycles. The number of hydrogen-bond donors (Lipinski definition) is 0. The average molecular weight is 191 g/mol. The molecule has 0 fully saturated rings. The Hall–Kier alpha value is -1.31. The van der Waals surface area contributed by atoms with Gasteiger partial charge in [-0.25, -0.2) is 0 Å². The molecule has 2 nitrogen and oxygen atoms in total. The number of carbonyl (C=O) groups is 1. The lowest BCUT2D eigenvalue weighted by molar-refractivity contribution is -0.134. The summed E-state index contributed by atoms with van der Waals surface area (Å²) in [6.45, 7) is 7.55. The zero-order valence-corrected chi connectivity index (χ0v) is 8.67. The SMILES string of the molecule is [CH2]CCC(=O)Oc1cccc(C)c1C. The van der Waals surface area contributed by atoms with Crippen molar-refractivity contribution in [3.63, 3.8) is 0 Å². The van der Waals surface area contributed by atoms with Crippen LogP contribution >= 0.6 is 0 Å². The molecular weight excluding hydrogens is 176 g/mol. The second-order valence-electron chi connectivity index (χ2n) is 3.28. The zero-order valence-electron chi connectivity index (χ0n) is 8.67. The minimum atomic E-state index is -0.214. The van der Waals surface area contributed by atoms with Crippen molar-refractivity contribution in [1.29, 1.82) is 0 Å². The highest BCUT2D eigenvalue weighted by molar-refractivity contribution is 5.72. The summed E-state index contributed by atoms with van der Waals surface area (Å²) in [6, 6.07) is 5.69. The molecule has 0 aliphatic carbocycles. The Balaban J connectivity index is 2.76. The summed E-state index contributed by atoms with van der Waals surface area (Å²) >= 11 is 0. The molecule has 0 bridgehead atoms. The lowest BCUT2D eigenvalue weighted by atomic mass is 10.1. The molecule has 75 valence electrons. The molecule has 0 atom stereocenters. The average Bonchev–Trinajstić information content (AvgIpc) is 2.13. The summed E-state index contributed by atoms with van der Waals surface area (Å²) in [5.74, 6) is 0.442. The summed E-state index contributed by atoms with van der Waals surface area (Å²) in [6.07, 6.45) is 0.942. The topological polar surface area (TPSA) is 26.3 Å². The maximum atomic E-state index is 11.2. The monoisotopic (exact) mass is 191 g/mol. The first-order valence-electron chi connectivity index (χ1n) is 4.71. The van der Waals surface area contributed by atoms with Gasteiger partial charge in [-0.15, -0.1) is 0 Å². The van der Waals surface area contributed by atoms with Gasteiger partial charge in [0, 0.05) is 6.42 Å². The quantitative estimate of drug-likeness (QED) is 0.542. The predicted molar refractivity (Wildman–Crippen MR) is 56.1 cm³/mol. The Morgan fingerprint density at radius 3 is 2.79 bits per heavy atom. The summed E-state index contributed by atoms with van der Waals surface area (Å²) in [5, 5.41) is 0. The van der Waals surface area contributed by atoms with Crippen LogP contribution in [0.5, 0.6) is 5.75 Å². The lowest BCUT2D eigenvalue weighted by Crippen LogP contribution is -2.08. The first kappa shape index (κ1) is 10.8. The maximum absolute atomic E-state index is 11.2. The van der Waals surface area contributed by atoms with Crippen molar-refractivity contribution >= 4 is 5.97 Å². The molecular formula is C12H15O2. The minimum absolute atomic E-state index is 0.214. The molecule has 0 N–H and O–H groups in total. The third-order valence-electron chi connectivity index (χ3n) is 2.16. The largest absolute Gasteiger partial charge is 0.426 e. The van der Waals surface area contributed by atoms with Gasteiger partial charge in [0.25, 0.3) is 0 Å². The standard InChI is InChI=1S/C12H15O2/c1-4-6-12(13)14-11-8-5-7-9(2)10(11)3/h5,7-8H,1,4,6H2,2-3H3. The number of esters is 1. The Morgan fingerprint density at radius 1 is 1.43 bits per heavy atom. The van der Waals surface area contributed by atoms with Crippen LogP contribution in [0.2, 0.25) is 0 Å². The Morgan fingerprint density at radius 2 is 2.14 bits per heavy atom. The molecule has 1 rings (SSSR count). The van der Waals surface area contributed by atoms with Gasteiger partial charge in [0.2, 0.25) is 0 Å². The number of hydrogen-bond acceptors (Lipinski definition) is 2. The number of carbonyl (C=O) groups excluding carboxylic acids is 1. The summed E-state index contributed by atoms with van der Waals surface area (Å²) < 4.78 is 5.19. The van der Waals surface area contributed by atoms with Crippen molar-refractivity contribution in [1.82, 2.24) is 0 Å². The van der Waals surface area contributed by atoms with Crippen molar-refractivity contribution in [3.8, 4) is 5.75 Å². The van der Waals surface area contributed by atoms with E-state index in [9.17, 15) is 4.79 Å². The molecule has 0 saturated heterocycles. The molecule has 0 saturated carbocycles.